The lowest BCUT2D eigenvalue weighted by Gasteiger charge is -2.25. The molecule has 0 saturated heterocycles. The Bertz CT molecular complexity index is 835. The maximum Gasteiger partial charge on any atom is 0.313 e. The second-order valence-corrected chi connectivity index (χ2v) is 7.50. The molecule has 0 heterocycles. The predicted octanol–water partition coefficient (Wildman–Crippen LogP) is 3.07. The summed E-state index contributed by atoms with van der Waals surface area (Å²) in [6.07, 6.45) is 0. The van der Waals surface area contributed by atoms with E-state index in [1.807, 2.05) is 69.2 Å². The van der Waals surface area contributed by atoms with Gasteiger partial charge in [0.1, 0.15) is 0 Å². The van der Waals surface area contributed by atoms with Crippen molar-refractivity contribution in [1.82, 2.24) is 10.2 Å². The molecule has 0 aromatic heterocycles. The number of halogens is 1. The Balaban J connectivity index is 1.99. The van der Waals surface area contributed by atoms with E-state index in [2.05, 4.69) is 10.6 Å². The van der Waals surface area contributed by atoms with Gasteiger partial charge in [0.25, 0.3) is 0 Å². The Morgan fingerprint density at radius 1 is 1.00 bits per heavy atom. The number of likely N-dealkylation sites (N-methyl/N-ethyl adjacent to an activating group) is 1. The number of nitrogens with one attached hydrogen (secondary N) is 2. The largest absolute Gasteiger partial charge is 0.378 e. The average Bonchev–Trinajstić information content (AvgIpc) is 2.64. The standard InChI is InChI=1S/C21H27ClN4O2/c1-14-6-9-16(12-18(14)22)24-21(28)20(27)23-13-19(26(4)5)15-7-10-17(11-8-15)25(2)3/h6-12,19H,13H2,1-5H3,(H,23,27)(H,24,28)/t19-/m1/s1. The zero-order valence-electron chi connectivity index (χ0n) is 16.9. The molecule has 150 valence electrons. The molecule has 7 heteroatoms. The Labute approximate surface area is 171 Å². The quantitative estimate of drug-likeness (QED) is 0.729. The molecule has 6 nitrogen and oxygen atoms in total. The van der Waals surface area contributed by atoms with Crippen molar-refractivity contribution in [2.75, 3.05) is 45.0 Å². The van der Waals surface area contributed by atoms with E-state index < -0.39 is 11.8 Å². The molecule has 2 aromatic rings. The first-order chi connectivity index (χ1) is 13.2. The molecule has 28 heavy (non-hydrogen) atoms. The van der Waals surface area contributed by atoms with E-state index in [9.17, 15) is 9.59 Å². The number of carbonyl (C=O) groups is 2. The van der Waals surface area contributed by atoms with E-state index in [4.69, 9.17) is 11.6 Å². The summed E-state index contributed by atoms with van der Waals surface area (Å²) in [4.78, 5) is 28.4. The van der Waals surface area contributed by atoms with Crippen LogP contribution in [0, 0.1) is 6.92 Å². The second kappa shape index (κ2) is 9.57. The number of rotatable bonds is 6. The van der Waals surface area contributed by atoms with Gasteiger partial charge < -0.3 is 20.4 Å². The summed E-state index contributed by atoms with van der Waals surface area (Å²) < 4.78 is 0. The minimum atomic E-state index is -0.722. The lowest BCUT2D eigenvalue weighted by molar-refractivity contribution is -0.136. The van der Waals surface area contributed by atoms with Gasteiger partial charge in [0.2, 0.25) is 0 Å². The Hall–Kier alpha value is -2.57. The van der Waals surface area contributed by atoms with Crippen molar-refractivity contribution in [3.8, 4) is 0 Å². The first-order valence-corrected chi connectivity index (χ1v) is 9.36. The van der Waals surface area contributed by atoms with Crippen molar-refractivity contribution < 1.29 is 9.59 Å². The number of benzene rings is 2. The van der Waals surface area contributed by atoms with E-state index in [0.717, 1.165) is 16.8 Å². The Kier molecular flexibility index (Phi) is 7.43. The molecule has 0 aliphatic carbocycles. The third-order valence-electron chi connectivity index (χ3n) is 4.51. The maximum atomic E-state index is 12.2. The van der Waals surface area contributed by atoms with E-state index in [0.29, 0.717) is 17.3 Å². The van der Waals surface area contributed by atoms with Crippen LogP contribution in [0.15, 0.2) is 42.5 Å². The summed E-state index contributed by atoms with van der Waals surface area (Å²) in [5.74, 6) is -1.41. The predicted molar refractivity (Wildman–Crippen MR) is 115 cm³/mol. The number of hydrogen-bond donors (Lipinski definition) is 2. The average molecular weight is 403 g/mol. The van der Waals surface area contributed by atoms with Crippen LogP contribution >= 0.6 is 11.6 Å². The van der Waals surface area contributed by atoms with Crippen LogP contribution in [0.4, 0.5) is 11.4 Å². The number of amides is 2. The molecular formula is C21H27ClN4O2. The number of hydrogen-bond acceptors (Lipinski definition) is 4. The first kappa shape index (κ1) is 21.7. The van der Waals surface area contributed by atoms with Crippen molar-refractivity contribution in [2.24, 2.45) is 0 Å². The monoisotopic (exact) mass is 402 g/mol. The summed E-state index contributed by atoms with van der Waals surface area (Å²) in [5, 5.41) is 5.81. The number of aryl methyl sites for hydroxylation is 1. The molecule has 0 unspecified atom stereocenters. The number of anilines is 2. The molecule has 1 atom stereocenters. The fourth-order valence-electron chi connectivity index (χ4n) is 2.72. The van der Waals surface area contributed by atoms with Gasteiger partial charge in [-0.15, -0.1) is 0 Å². The summed E-state index contributed by atoms with van der Waals surface area (Å²) in [7, 11) is 7.84. The van der Waals surface area contributed by atoms with Gasteiger partial charge in [0, 0.05) is 37.0 Å². The molecule has 0 aliphatic rings. The SMILES string of the molecule is Cc1ccc(NC(=O)C(=O)NC[C@H](c2ccc(N(C)C)cc2)N(C)C)cc1Cl. The van der Waals surface area contributed by atoms with Crippen LogP contribution in [0.2, 0.25) is 5.02 Å². The number of carbonyl (C=O) groups excluding carboxylic acids is 2. The molecule has 0 radical (unpaired) electrons. The first-order valence-electron chi connectivity index (χ1n) is 8.98. The molecule has 2 rings (SSSR count). The van der Waals surface area contributed by atoms with Gasteiger partial charge in [0.15, 0.2) is 0 Å². The normalized spacial score (nSPS) is 11.8. The minimum Gasteiger partial charge on any atom is -0.378 e. The van der Waals surface area contributed by atoms with Crippen LogP contribution in [0.3, 0.4) is 0 Å². The van der Waals surface area contributed by atoms with Crippen LogP contribution < -0.4 is 15.5 Å². The van der Waals surface area contributed by atoms with Gasteiger partial charge in [-0.3, -0.25) is 9.59 Å². The lowest BCUT2D eigenvalue weighted by atomic mass is 10.1. The van der Waals surface area contributed by atoms with Gasteiger partial charge in [0.05, 0.1) is 6.04 Å². The molecule has 0 aliphatic heterocycles. The molecule has 0 saturated carbocycles. The topological polar surface area (TPSA) is 64.7 Å². The second-order valence-electron chi connectivity index (χ2n) is 7.09. The van der Waals surface area contributed by atoms with Crippen molar-refractivity contribution >= 4 is 34.8 Å². The molecule has 2 N–H and O–H groups in total. The van der Waals surface area contributed by atoms with Crippen LogP contribution in [0.1, 0.15) is 17.2 Å². The Morgan fingerprint density at radius 2 is 1.64 bits per heavy atom. The van der Waals surface area contributed by atoms with Crippen molar-refractivity contribution in [1.29, 1.82) is 0 Å². The van der Waals surface area contributed by atoms with E-state index in [-0.39, 0.29) is 6.04 Å². The summed E-state index contributed by atoms with van der Waals surface area (Å²) >= 11 is 6.05. The maximum absolute atomic E-state index is 12.2. The zero-order valence-corrected chi connectivity index (χ0v) is 17.7. The molecule has 0 fully saturated rings. The number of nitrogens with zero attached hydrogens (tertiary/aromatic N) is 2. The van der Waals surface area contributed by atoms with Gasteiger partial charge in [-0.05, 0) is 56.4 Å². The molecule has 2 amide bonds. The smallest absolute Gasteiger partial charge is 0.313 e. The summed E-state index contributed by atoms with van der Waals surface area (Å²) in [6, 6.07) is 13.2. The highest BCUT2D eigenvalue weighted by Gasteiger charge is 2.19. The molecule has 0 bridgehead atoms. The van der Waals surface area contributed by atoms with Crippen LogP contribution in [-0.2, 0) is 9.59 Å². The van der Waals surface area contributed by atoms with E-state index >= 15 is 0 Å². The van der Waals surface area contributed by atoms with Crippen molar-refractivity contribution in [2.45, 2.75) is 13.0 Å². The fourth-order valence-corrected chi connectivity index (χ4v) is 2.90. The minimum absolute atomic E-state index is 0.0539. The van der Waals surface area contributed by atoms with Crippen LogP contribution in [0.5, 0.6) is 0 Å². The Morgan fingerprint density at radius 3 is 2.18 bits per heavy atom. The van der Waals surface area contributed by atoms with Crippen molar-refractivity contribution in [3.63, 3.8) is 0 Å². The van der Waals surface area contributed by atoms with Gasteiger partial charge in [-0.2, -0.15) is 0 Å². The molecular weight excluding hydrogens is 376 g/mol. The highest BCUT2D eigenvalue weighted by atomic mass is 35.5. The highest BCUT2D eigenvalue weighted by molar-refractivity contribution is 6.39. The summed E-state index contributed by atoms with van der Waals surface area (Å²) in [5.41, 5.74) is 3.54. The zero-order chi connectivity index (χ0) is 20.8. The van der Waals surface area contributed by atoms with Gasteiger partial charge in [-0.1, -0.05) is 29.8 Å². The lowest BCUT2D eigenvalue weighted by Crippen LogP contribution is -2.40. The third kappa shape index (κ3) is 5.71. The van der Waals surface area contributed by atoms with Gasteiger partial charge >= 0.3 is 11.8 Å². The molecule has 2 aromatic carbocycles. The van der Waals surface area contributed by atoms with E-state index in [1.54, 1.807) is 18.2 Å². The third-order valence-corrected chi connectivity index (χ3v) is 4.92. The van der Waals surface area contributed by atoms with E-state index in [1.165, 1.54) is 0 Å². The van der Waals surface area contributed by atoms with Crippen LogP contribution in [-0.4, -0.2) is 51.4 Å². The van der Waals surface area contributed by atoms with Crippen molar-refractivity contribution in [3.05, 3.63) is 58.6 Å². The fraction of sp³-hybridized carbons (Fsp3) is 0.333. The molecule has 0 spiro atoms. The summed E-state index contributed by atoms with van der Waals surface area (Å²) in [6.45, 7) is 2.18. The van der Waals surface area contributed by atoms with Gasteiger partial charge in [-0.25, -0.2) is 0 Å². The highest BCUT2D eigenvalue weighted by Crippen LogP contribution is 2.21. The van der Waals surface area contributed by atoms with Crippen LogP contribution in [0.25, 0.3) is 0 Å².